The number of hydrogen-bond acceptors (Lipinski definition) is 5. The molecule has 7 heteroatoms. The zero-order valence-corrected chi connectivity index (χ0v) is 29.9. The fourth-order valence-corrected chi connectivity index (χ4v) is 3.76. The van der Waals surface area contributed by atoms with E-state index in [1.165, 1.54) is 4.90 Å². The third-order valence-corrected chi connectivity index (χ3v) is 6.18. The molecule has 3 aromatic rings. The number of ether oxygens (including phenoxy) is 1. The molecule has 0 aromatic heterocycles. The summed E-state index contributed by atoms with van der Waals surface area (Å²) in [6.07, 6.45) is 2.42. The Hall–Kier alpha value is -4.36. The molecule has 1 unspecified atom stereocenters. The van der Waals surface area contributed by atoms with Crippen LogP contribution in [0.4, 0.5) is 11.4 Å². The van der Waals surface area contributed by atoms with Gasteiger partial charge in [-0.05, 0) is 72.7 Å². The van der Waals surface area contributed by atoms with Crippen molar-refractivity contribution in [3.63, 3.8) is 0 Å². The van der Waals surface area contributed by atoms with Crippen molar-refractivity contribution in [3.05, 3.63) is 108 Å². The number of aliphatic hydroxyl groups is 1. The molecule has 1 atom stereocenters. The first-order valence-corrected chi connectivity index (χ1v) is 15.7. The van der Waals surface area contributed by atoms with Gasteiger partial charge in [-0.15, -0.1) is 0 Å². The predicted molar refractivity (Wildman–Crippen MR) is 194 cm³/mol. The first-order valence-electron chi connectivity index (χ1n) is 15.7. The third kappa shape index (κ3) is 14.6. The number of methoxy groups -OCH3 is 1. The maximum atomic E-state index is 13.4. The number of rotatable bonds is 7. The van der Waals surface area contributed by atoms with Crippen LogP contribution in [0.15, 0.2) is 91.0 Å². The highest BCUT2D eigenvalue weighted by molar-refractivity contribution is 6.08. The minimum absolute atomic E-state index is 0.133. The number of hydrogen-bond donors (Lipinski definition) is 3. The van der Waals surface area contributed by atoms with Crippen LogP contribution in [0.25, 0.3) is 0 Å². The predicted octanol–water partition coefficient (Wildman–Crippen LogP) is 9.47. The molecule has 7 nitrogen and oxygen atoms in total. The Labute approximate surface area is 277 Å². The average Bonchev–Trinajstić information content (AvgIpc) is 3.00. The zero-order valence-electron chi connectivity index (χ0n) is 29.9. The molecule has 0 heterocycles. The fourth-order valence-electron chi connectivity index (χ4n) is 3.76. The number of aromatic hydroxyl groups is 1. The van der Waals surface area contributed by atoms with Gasteiger partial charge < -0.3 is 25.2 Å². The van der Waals surface area contributed by atoms with Gasteiger partial charge in [0.1, 0.15) is 11.5 Å². The Morgan fingerprint density at radius 3 is 2.02 bits per heavy atom. The number of carbonyl (C=O) groups is 2. The van der Waals surface area contributed by atoms with Crippen LogP contribution in [-0.2, 0) is 10.2 Å². The number of amides is 2. The Morgan fingerprint density at radius 2 is 1.54 bits per heavy atom. The summed E-state index contributed by atoms with van der Waals surface area (Å²) in [4.78, 5) is 27.2. The summed E-state index contributed by atoms with van der Waals surface area (Å²) in [5.74, 6) is 1.28. The largest absolute Gasteiger partial charge is 0.508 e. The van der Waals surface area contributed by atoms with Crippen molar-refractivity contribution < 1.29 is 24.5 Å². The Morgan fingerprint density at radius 1 is 0.957 bits per heavy atom. The van der Waals surface area contributed by atoms with Gasteiger partial charge in [-0.2, -0.15) is 0 Å². The molecule has 3 aromatic carbocycles. The third-order valence-electron chi connectivity index (χ3n) is 6.18. The van der Waals surface area contributed by atoms with E-state index in [0.29, 0.717) is 33.8 Å². The number of carbonyl (C=O) groups excluding carboxylic acids is 2. The lowest BCUT2D eigenvalue weighted by Gasteiger charge is -2.24. The summed E-state index contributed by atoms with van der Waals surface area (Å²) in [5, 5.41) is 21.9. The highest BCUT2D eigenvalue weighted by Gasteiger charge is 2.23. The van der Waals surface area contributed by atoms with E-state index in [1.807, 2.05) is 32.0 Å². The molecule has 2 amide bonds. The lowest BCUT2D eigenvalue weighted by atomic mass is 9.84. The minimum Gasteiger partial charge on any atom is -0.508 e. The number of allylic oxidation sites excluding steroid dienone is 2. The van der Waals surface area contributed by atoms with Gasteiger partial charge in [-0.1, -0.05) is 98.4 Å². The summed E-state index contributed by atoms with van der Waals surface area (Å²) in [6.45, 7) is 23.7. The van der Waals surface area contributed by atoms with Crippen molar-refractivity contribution in [1.82, 2.24) is 0 Å². The van der Waals surface area contributed by atoms with Gasteiger partial charge in [-0.3, -0.25) is 9.59 Å². The van der Waals surface area contributed by atoms with Gasteiger partial charge in [-0.25, -0.2) is 0 Å². The number of aliphatic hydroxyl groups excluding tert-OH is 1. The summed E-state index contributed by atoms with van der Waals surface area (Å²) in [5.41, 5.74) is 3.67. The van der Waals surface area contributed by atoms with Gasteiger partial charge in [0.25, 0.3) is 11.8 Å². The van der Waals surface area contributed by atoms with E-state index in [0.717, 1.165) is 11.5 Å². The highest BCUT2D eigenvalue weighted by Crippen LogP contribution is 2.29. The van der Waals surface area contributed by atoms with Crippen molar-refractivity contribution in [1.29, 1.82) is 0 Å². The van der Waals surface area contributed by atoms with Crippen LogP contribution in [0.1, 0.15) is 96.8 Å². The average molecular weight is 633 g/mol. The van der Waals surface area contributed by atoms with E-state index in [4.69, 9.17) is 9.84 Å². The number of nitrogens with zero attached hydrogens (tertiary/aromatic N) is 1. The van der Waals surface area contributed by atoms with Gasteiger partial charge in [0.05, 0.1) is 13.2 Å². The van der Waals surface area contributed by atoms with Crippen LogP contribution in [0.3, 0.4) is 0 Å². The standard InChI is InChI=1S/C26H32N2O3.C7H8O2.C4H10.C2H6/c1-8-10-17(2)24(30)27-20-11-9-12-21(16-20)28(7)25(31)23-15-19(26(4,5)6)13-14-22(23)18(3)29;1-9-7-4-2-3-6(8)5-7;1-4(2)3;1-2/h8-16,18,29H,1H2,2-7H3,(H,27,30);2-5,8H,1H3;4H,1-3H3;1-2H3/b17-10+;;;. The van der Waals surface area contributed by atoms with Crippen LogP contribution >= 0.6 is 0 Å². The molecule has 0 fully saturated rings. The molecule has 0 radical (unpaired) electrons. The summed E-state index contributed by atoms with van der Waals surface area (Å²) < 4.78 is 4.84. The van der Waals surface area contributed by atoms with Gasteiger partial charge >= 0.3 is 0 Å². The molecule has 3 N–H and O–H groups in total. The van der Waals surface area contributed by atoms with Crippen LogP contribution < -0.4 is 15.0 Å². The molecule has 46 heavy (non-hydrogen) atoms. The summed E-state index contributed by atoms with van der Waals surface area (Å²) in [7, 11) is 3.25. The molecule has 3 rings (SSSR count). The van der Waals surface area contributed by atoms with E-state index in [2.05, 4.69) is 53.4 Å². The second-order valence-corrected chi connectivity index (χ2v) is 12.1. The van der Waals surface area contributed by atoms with E-state index >= 15 is 0 Å². The number of anilines is 2. The second kappa shape index (κ2) is 20.6. The number of phenolic OH excluding ortho intramolecular Hbond substituents is 1. The monoisotopic (exact) mass is 632 g/mol. The summed E-state index contributed by atoms with van der Waals surface area (Å²) >= 11 is 0. The smallest absolute Gasteiger partial charge is 0.258 e. The highest BCUT2D eigenvalue weighted by atomic mass is 16.5. The van der Waals surface area contributed by atoms with Crippen LogP contribution in [0, 0.1) is 5.92 Å². The van der Waals surface area contributed by atoms with Crippen LogP contribution in [-0.4, -0.2) is 36.2 Å². The molecular weight excluding hydrogens is 576 g/mol. The number of nitrogens with one attached hydrogen (secondary N) is 1. The first-order chi connectivity index (χ1) is 21.5. The van der Waals surface area contributed by atoms with Crippen molar-refractivity contribution in [2.75, 3.05) is 24.4 Å². The van der Waals surface area contributed by atoms with Crippen molar-refractivity contribution >= 4 is 23.2 Å². The lowest BCUT2D eigenvalue weighted by molar-refractivity contribution is -0.112. The fraction of sp³-hybridized carbons (Fsp3) is 0.385. The van der Waals surface area contributed by atoms with Crippen molar-refractivity contribution in [2.45, 2.75) is 80.8 Å². The number of phenols is 1. The molecule has 0 aliphatic heterocycles. The Balaban J connectivity index is 0.00000111. The van der Waals surface area contributed by atoms with Crippen molar-refractivity contribution in [2.24, 2.45) is 5.92 Å². The maximum absolute atomic E-state index is 13.4. The van der Waals surface area contributed by atoms with E-state index in [1.54, 1.807) is 88.7 Å². The molecule has 0 spiro atoms. The molecule has 0 aliphatic carbocycles. The normalized spacial score (nSPS) is 11.3. The quantitative estimate of drug-likeness (QED) is 0.178. The minimum atomic E-state index is -0.772. The van der Waals surface area contributed by atoms with Gasteiger partial charge in [0.2, 0.25) is 0 Å². The maximum Gasteiger partial charge on any atom is 0.258 e. The number of benzene rings is 3. The van der Waals surface area contributed by atoms with Crippen LogP contribution in [0.2, 0.25) is 0 Å². The van der Waals surface area contributed by atoms with Gasteiger partial charge in [0.15, 0.2) is 0 Å². The summed E-state index contributed by atoms with van der Waals surface area (Å²) in [6, 6.07) is 19.4. The zero-order chi connectivity index (χ0) is 35.6. The second-order valence-electron chi connectivity index (χ2n) is 12.1. The van der Waals surface area contributed by atoms with E-state index in [9.17, 15) is 14.7 Å². The van der Waals surface area contributed by atoms with Crippen molar-refractivity contribution in [3.8, 4) is 11.5 Å². The Kier molecular flexibility index (Phi) is 18.7. The van der Waals surface area contributed by atoms with E-state index in [-0.39, 0.29) is 23.0 Å². The molecule has 0 saturated carbocycles. The molecule has 0 aliphatic rings. The first kappa shape index (κ1) is 41.6. The molecule has 0 bridgehead atoms. The SMILES string of the molecule is C=C/C=C(\C)C(=O)Nc1cccc(N(C)C(=O)c2cc(C(C)(C)C)ccc2C(C)O)c1.CC.CC(C)C.COc1cccc(O)c1. The molecule has 252 valence electrons. The van der Waals surface area contributed by atoms with Crippen LogP contribution in [0.5, 0.6) is 11.5 Å². The van der Waals surface area contributed by atoms with E-state index < -0.39 is 6.10 Å². The Bertz CT molecular complexity index is 1420. The molecule has 0 saturated heterocycles. The van der Waals surface area contributed by atoms with Gasteiger partial charge in [0, 0.05) is 35.6 Å². The topological polar surface area (TPSA) is 99.1 Å². The molecular formula is C39H56N2O5. The lowest BCUT2D eigenvalue weighted by Crippen LogP contribution is -2.28.